The summed E-state index contributed by atoms with van der Waals surface area (Å²) in [5, 5.41) is 8.61. The molecule has 28 heavy (non-hydrogen) atoms. The lowest BCUT2D eigenvalue weighted by Gasteiger charge is -2.15. The molecule has 1 atom stereocenters. The first-order valence-electron chi connectivity index (χ1n) is 8.71. The molecule has 7 nitrogen and oxygen atoms in total. The maximum atomic E-state index is 12.2. The van der Waals surface area contributed by atoms with Gasteiger partial charge in [-0.05, 0) is 49.4 Å². The first kappa shape index (κ1) is 21.2. The molecular weight excluding hydrogens is 382 g/mol. The number of hydrogen-bond donors (Lipinski definition) is 3. The van der Waals surface area contributed by atoms with Gasteiger partial charge in [0.05, 0.1) is 0 Å². The van der Waals surface area contributed by atoms with Gasteiger partial charge >= 0.3 is 0 Å². The van der Waals surface area contributed by atoms with Gasteiger partial charge in [0.25, 0.3) is 11.8 Å². The van der Waals surface area contributed by atoms with Crippen LogP contribution in [0.5, 0.6) is 5.75 Å². The van der Waals surface area contributed by atoms with E-state index in [-0.39, 0.29) is 30.8 Å². The normalized spacial score (nSPS) is 11.2. The number of rotatable bonds is 8. The lowest BCUT2D eigenvalue weighted by Crippen LogP contribution is -2.40. The highest BCUT2D eigenvalue weighted by Crippen LogP contribution is 2.16. The number of carbonyl (C=O) groups excluding carboxylic acids is 3. The highest BCUT2D eigenvalue weighted by molar-refractivity contribution is 6.30. The summed E-state index contributed by atoms with van der Waals surface area (Å²) in [5.41, 5.74) is 0.957. The molecule has 0 saturated heterocycles. The van der Waals surface area contributed by atoms with Crippen LogP contribution in [-0.2, 0) is 9.59 Å². The summed E-state index contributed by atoms with van der Waals surface area (Å²) in [7, 11) is 0. The van der Waals surface area contributed by atoms with Crippen molar-refractivity contribution in [2.24, 2.45) is 0 Å². The fourth-order valence-corrected chi connectivity index (χ4v) is 2.45. The topological polar surface area (TPSA) is 96.5 Å². The third-order valence-electron chi connectivity index (χ3n) is 3.65. The monoisotopic (exact) mass is 403 g/mol. The van der Waals surface area contributed by atoms with Crippen molar-refractivity contribution in [2.75, 3.05) is 18.4 Å². The molecule has 3 amide bonds. The van der Waals surface area contributed by atoms with Crippen LogP contribution in [0.4, 0.5) is 5.69 Å². The highest BCUT2D eigenvalue weighted by atomic mass is 35.5. The Kier molecular flexibility index (Phi) is 7.83. The van der Waals surface area contributed by atoms with Gasteiger partial charge in [-0.3, -0.25) is 14.4 Å². The van der Waals surface area contributed by atoms with E-state index in [2.05, 4.69) is 16.0 Å². The maximum Gasteiger partial charge on any atom is 0.260 e. The Labute approximate surface area is 168 Å². The standard InChI is InChI=1S/C20H22ClN3O4/c1-13(28-18-8-6-16(21)7-9-18)19(26)22-10-11-23-20(27)15-4-3-5-17(12-15)24-14(2)25/h3-9,12-13H,10-11H2,1-2H3,(H,22,26)(H,23,27)(H,24,25). The molecule has 0 fully saturated rings. The SMILES string of the molecule is CC(=O)Nc1cccc(C(=O)NCCNC(=O)C(C)Oc2ccc(Cl)cc2)c1. The first-order chi connectivity index (χ1) is 13.3. The number of hydrogen-bond acceptors (Lipinski definition) is 4. The van der Waals surface area contributed by atoms with Gasteiger partial charge in [-0.25, -0.2) is 0 Å². The van der Waals surface area contributed by atoms with Crippen LogP contribution >= 0.6 is 11.6 Å². The van der Waals surface area contributed by atoms with Crippen LogP contribution < -0.4 is 20.7 Å². The minimum atomic E-state index is -0.689. The van der Waals surface area contributed by atoms with Crippen molar-refractivity contribution in [3.05, 3.63) is 59.1 Å². The smallest absolute Gasteiger partial charge is 0.260 e. The summed E-state index contributed by atoms with van der Waals surface area (Å²) in [6.07, 6.45) is -0.689. The number of halogens is 1. The highest BCUT2D eigenvalue weighted by Gasteiger charge is 2.14. The third kappa shape index (κ3) is 6.92. The van der Waals surface area contributed by atoms with E-state index in [1.165, 1.54) is 6.92 Å². The maximum absolute atomic E-state index is 12.2. The van der Waals surface area contributed by atoms with Crippen molar-refractivity contribution in [1.82, 2.24) is 10.6 Å². The summed E-state index contributed by atoms with van der Waals surface area (Å²) in [6, 6.07) is 13.3. The third-order valence-corrected chi connectivity index (χ3v) is 3.90. The molecule has 0 bridgehead atoms. The van der Waals surface area contributed by atoms with E-state index in [4.69, 9.17) is 16.3 Å². The minimum Gasteiger partial charge on any atom is -0.481 e. The van der Waals surface area contributed by atoms with E-state index < -0.39 is 6.10 Å². The van der Waals surface area contributed by atoms with E-state index in [9.17, 15) is 14.4 Å². The van der Waals surface area contributed by atoms with Gasteiger partial charge in [-0.15, -0.1) is 0 Å². The van der Waals surface area contributed by atoms with E-state index in [1.807, 2.05) is 0 Å². The van der Waals surface area contributed by atoms with Crippen LogP contribution in [0.25, 0.3) is 0 Å². The molecule has 3 N–H and O–H groups in total. The molecule has 2 rings (SSSR count). The summed E-state index contributed by atoms with van der Waals surface area (Å²) >= 11 is 5.81. The Morgan fingerprint density at radius 2 is 1.71 bits per heavy atom. The quantitative estimate of drug-likeness (QED) is 0.590. The van der Waals surface area contributed by atoms with Crippen LogP contribution in [0.3, 0.4) is 0 Å². The molecule has 0 aromatic heterocycles. The molecule has 0 aliphatic rings. The Morgan fingerprint density at radius 3 is 2.39 bits per heavy atom. The van der Waals surface area contributed by atoms with Crippen molar-refractivity contribution in [2.45, 2.75) is 20.0 Å². The Balaban J connectivity index is 1.74. The molecule has 0 heterocycles. The molecule has 0 saturated carbocycles. The summed E-state index contributed by atoms with van der Waals surface area (Å²) in [6.45, 7) is 3.54. The zero-order chi connectivity index (χ0) is 20.5. The fourth-order valence-electron chi connectivity index (χ4n) is 2.32. The van der Waals surface area contributed by atoms with E-state index >= 15 is 0 Å². The van der Waals surface area contributed by atoms with Crippen LogP contribution in [0, 0.1) is 0 Å². The van der Waals surface area contributed by atoms with Gasteiger partial charge in [-0.1, -0.05) is 17.7 Å². The molecule has 0 spiro atoms. The number of amides is 3. The predicted molar refractivity (Wildman–Crippen MR) is 108 cm³/mol. The molecule has 0 radical (unpaired) electrons. The van der Waals surface area contributed by atoms with Crippen molar-refractivity contribution in [3.8, 4) is 5.75 Å². The molecule has 2 aromatic rings. The molecular formula is C20H22ClN3O4. The molecule has 148 valence electrons. The molecule has 1 unspecified atom stereocenters. The van der Waals surface area contributed by atoms with Crippen molar-refractivity contribution in [3.63, 3.8) is 0 Å². The Morgan fingerprint density at radius 1 is 1.04 bits per heavy atom. The predicted octanol–water partition coefficient (Wildman–Crippen LogP) is 2.61. The van der Waals surface area contributed by atoms with Crippen LogP contribution in [0.15, 0.2) is 48.5 Å². The number of anilines is 1. The van der Waals surface area contributed by atoms with E-state index in [0.717, 1.165) is 0 Å². The van der Waals surface area contributed by atoms with E-state index in [1.54, 1.807) is 55.5 Å². The average molecular weight is 404 g/mol. The Bertz CT molecular complexity index is 840. The summed E-state index contributed by atoms with van der Waals surface area (Å²) in [4.78, 5) is 35.3. The second kappa shape index (κ2) is 10.3. The zero-order valence-electron chi connectivity index (χ0n) is 15.6. The van der Waals surface area contributed by atoms with Gasteiger partial charge in [0.15, 0.2) is 6.10 Å². The largest absolute Gasteiger partial charge is 0.481 e. The molecule has 2 aromatic carbocycles. The van der Waals surface area contributed by atoms with Gasteiger partial charge < -0.3 is 20.7 Å². The number of ether oxygens (including phenoxy) is 1. The molecule has 0 aliphatic heterocycles. The van der Waals surface area contributed by atoms with Gasteiger partial charge in [-0.2, -0.15) is 0 Å². The van der Waals surface area contributed by atoms with Gasteiger partial charge in [0.2, 0.25) is 5.91 Å². The van der Waals surface area contributed by atoms with Gasteiger partial charge in [0.1, 0.15) is 5.75 Å². The number of nitrogens with one attached hydrogen (secondary N) is 3. The van der Waals surface area contributed by atoms with Crippen molar-refractivity contribution < 1.29 is 19.1 Å². The van der Waals surface area contributed by atoms with E-state index in [0.29, 0.717) is 22.0 Å². The summed E-state index contributed by atoms with van der Waals surface area (Å²) < 4.78 is 5.53. The Hall–Kier alpha value is -3.06. The second-order valence-electron chi connectivity index (χ2n) is 6.02. The zero-order valence-corrected chi connectivity index (χ0v) is 16.4. The van der Waals surface area contributed by atoms with Crippen molar-refractivity contribution >= 4 is 35.0 Å². The van der Waals surface area contributed by atoms with Gasteiger partial charge in [0, 0.05) is 36.3 Å². The number of benzene rings is 2. The molecule has 8 heteroatoms. The van der Waals surface area contributed by atoms with Crippen LogP contribution in [0.2, 0.25) is 5.02 Å². The summed E-state index contributed by atoms with van der Waals surface area (Å²) in [5.74, 6) is -0.265. The first-order valence-corrected chi connectivity index (χ1v) is 9.09. The lowest BCUT2D eigenvalue weighted by atomic mass is 10.2. The second-order valence-corrected chi connectivity index (χ2v) is 6.46. The molecule has 0 aliphatic carbocycles. The van der Waals surface area contributed by atoms with Crippen molar-refractivity contribution in [1.29, 1.82) is 0 Å². The lowest BCUT2D eigenvalue weighted by molar-refractivity contribution is -0.127. The number of carbonyl (C=O) groups is 3. The van der Waals surface area contributed by atoms with Crippen LogP contribution in [-0.4, -0.2) is 36.9 Å². The van der Waals surface area contributed by atoms with Crippen LogP contribution in [0.1, 0.15) is 24.2 Å². The minimum absolute atomic E-state index is 0.213. The average Bonchev–Trinajstić information content (AvgIpc) is 2.66. The fraction of sp³-hybridized carbons (Fsp3) is 0.250.